The molecule has 0 bridgehead atoms. The lowest BCUT2D eigenvalue weighted by atomic mass is 10.2. The third-order valence-corrected chi connectivity index (χ3v) is 5.77. The first-order chi connectivity index (χ1) is 11.0. The van der Waals surface area contributed by atoms with Crippen LogP contribution < -0.4 is 4.74 Å². The van der Waals surface area contributed by atoms with Crippen molar-refractivity contribution in [3.8, 4) is 5.75 Å². The van der Waals surface area contributed by atoms with Crippen molar-refractivity contribution in [3.05, 3.63) is 61.2 Å². The Morgan fingerprint density at radius 2 is 1.96 bits per heavy atom. The van der Waals surface area contributed by atoms with Gasteiger partial charge in [0.05, 0.1) is 19.0 Å². The minimum Gasteiger partial charge on any atom is -0.486 e. The maximum Gasteiger partial charge on any atom is 0.148 e. The van der Waals surface area contributed by atoms with Crippen LogP contribution in [-0.2, 0) is 6.61 Å². The summed E-state index contributed by atoms with van der Waals surface area (Å²) in [5.41, 5.74) is 1.78. The SMILES string of the molecule is Fc1ccc(COc2c(Br)cc(C3=NCCS3)cc2Br)c(Cl)c1. The molecule has 0 unspecified atom stereocenters. The molecule has 2 aromatic carbocycles. The number of nitrogens with zero attached hydrogens (tertiary/aromatic N) is 1. The first-order valence-corrected chi connectivity index (χ1v) is 9.73. The highest BCUT2D eigenvalue weighted by atomic mass is 79.9. The smallest absolute Gasteiger partial charge is 0.148 e. The van der Waals surface area contributed by atoms with E-state index in [4.69, 9.17) is 16.3 Å². The van der Waals surface area contributed by atoms with E-state index in [1.807, 2.05) is 12.1 Å². The number of thioether (sulfide) groups is 1. The van der Waals surface area contributed by atoms with Crippen molar-refractivity contribution in [2.24, 2.45) is 4.99 Å². The van der Waals surface area contributed by atoms with Crippen molar-refractivity contribution < 1.29 is 9.13 Å². The molecule has 7 heteroatoms. The molecule has 0 spiro atoms. The van der Waals surface area contributed by atoms with E-state index in [-0.39, 0.29) is 12.4 Å². The van der Waals surface area contributed by atoms with E-state index in [2.05, 4.69) is 36.9 Å². The van der Waals surface area contributed by atoms with Crippen LogP contribution in [0.25, 0.3) is 0 Å². The maximum atomic E-state index is 13.1. The molecule has 120 valence electrons. The highest BCUT2D eigenvalue weighted by molar-refractivity contribution is 9.11. The monoisotopic (exact) mass is 477 g/mol. The highest BCUT2D eigenvalue weighted by Crippen LogP contribution is 2.37. The zero-order chi connectivity index (χ0) is 16.4. The number of ether oxygens (including phenoxy) is 1. The lowest BCUT2D eigenvalue weighted by molar-refractivity contribution is 0.302. The molecule has 0 atom stereocenters. The summed E-state index contributed by atoms with van der Waals surface area (Å²) in [5, 5.41) is 1.39. The Balaban J connectivity index is 1.80. The number of aliphatic imine (C=N–C) groups is 1. The molecule has 0 amide bonds. The maximum absolute atomic E-state index is 13.1. The van der Waals surface area contributed by atoms with Gasteiger partial charge >= 0.3 is 0 Å². The van der Waals surface area contributed by atoms with Gasteiger partial charge in [0, 0.05) is 23.4 Å². The topological polar surface area (TPSA) is 21.6 Å². The van der Waals surface area contributed by atoms with Crippen LogP contribution in [-0.4, -0.2) is 17.3 Å². The summed E-state index contributed by atoms with van der Waals surface area (Å²) in [6.45, 7) is 1.11. The minimum absolute atomic E-state index is 0.255. The van der Waals surface area contributed by atoms with Crippen LogP contribution in [0.2, 0.25) is 5.02 Å². The molecule has 0 radical (unpaired) electrons. The van der Waals surface area contributed by atoms with Gasteiger partial charge in [-0.1, -0.05) is 17.7 Å². The summed E-state index contributed by atoms with van der Waals surface area (Å²) in [5.74, 6) is 1.34. The van der Waals surface area contributed by atoms with Gasteiger partial charge in [0.25, 0.3) is 0 Å². The third kappa shape index (κ3) is 4.10. The zero-order valence-electron chi connectivity index (χ0n) is 11.8. The molecule has 0 aromatic heterocycles. The predicted octanol–water partition coefficient (Wildman–Crippen LogP) is 6.08. The summed E-state index contributed by atoms with van der Waals surface area (Å²) in [6.07, 6.45) is 0. The Labute approximate surface area is 159 Å². The van der Waals surface area contributed by atoms with Gasteiger partial charge in [-0.15, -0.1) is 11.8 Å². The van der Waals surface area contributed by atoms with E-state index < -0.39 is 0 Å². The van der Waals surface area contributed by atoms with Gasteiger partial charge in [-0.2, -0.15) is 0 Å². The Kier molecular flexibility index (Phi) is 5.67. The quantitative estimate of drug-likeness (QED) is 0.530. The summed E-state index contributed by atoms with van der Waals surface area (Å²) < 4.78 is 20.6. The van der Waals surface area contributed by atoms with E-state index >= 15 is 0 Å². The van der Waals surface area contributed by atoms with Crippen LogP contribution in [0.4, 0.5) is 4.39 Å². The van der Waals surface area contributed by atoms with Gasteiger partial charge in [0.1, 0.15) is 18.2 Å². The predicted molar refractivity (Wildman–Crippen MR) is 101 cm³/mol. The van der Waals surface area contributed by atoms with Gasteiger partial charge in [0.15, 0.2) is 0 Å². The van der Waals surface area contributed by atoms with Crippen molar-refractivity contribution >= 4 is 60.3 Å². The second-order valence-corrected chi connectivity index (χ2v) is 8.03. The molecule has 2 aromatic rings. The van der Waals surface area contributed by atoms with Crippen LogP contribution in [0, 0.1) is 5.82 Å². The van der Waals surface area contributed by atoms with E-state index in [0.717, 1.165) is 37.4 Å². The molecule has 2 nitrogen and oxygen atoms in total. The zero-order valence-corrected chi connectivity index (χ0v) is 16.5. The lowest BCUT2D eigenvalue weighted by Gasteiger charge is -2.13. The average Bonchev–Trinajstić information content (AvgIpc) is 3.02. The molecule has 0 saturated carbocycles. The molecule has 0 saturated heterocycles. The Morgan fingerprint density at radius 3 is 2.57 bits per heavy atom. The van der Waals surface area contributed by atoms with E-state index in [1.165, 1.54) is 12.1 Å². The van der Waals surface area contributed by atoms with Gasteiger partial charge in [0.2, 0.25) is 0 Å². The van der Waals surface area contributed by atoms with Crippen LogP contribution in [0.5, 0.6) is 5.75 Å². The van der Waals surface area contributed by atoms with E-state index in [0.29, 0.717) is 10.8 Å². The van der Waals surface area contributed by atoms with E-state index in [1.54, 1.807) is 17.8 Å². The summed E-state index contributed by atoms with van der Waals surface area (Å²) in [4.78, 5) is 4.48. The van der Waals surface area contributed by atoms with E-state index in [9.17, 15) is 4.39 Å². The summed E-state index contributed by atoms with van der Waals surface area (Å²) in [7, 11) is 0. The number of rotatable bonds is 4. The number of hydrogen-bond donors (Lipinski definition) is 0. The van der Waals surface area contributed by atoms with Gasteiger partial charge in [-0.3, -0.25) is 4.99 Å². The number of hydrogen-bond acceptors (Lipinski definition) is 3. The van der Waals surface area contributed by atoms with Crippen LogP contribution in [0.1, 0.15) is 11.1 Å². The summed E-state index contributed by atoms with van der Waals surface area (Å²) in [6, 6.07) is 8.25. The molecule has 0 aliphatic carbocycles. The minimum atomic E-state index is -0.361. The molecule has 1 aliphatic heterocycles. The molecule has 23 heavy (non-hydrogen) atoms. The lowest BCUT2D eigenvalue weighted by Crippen LogP contribution is -2.00. The molecule has 1 aliphatic rings. The third-order valence-electron chi connectivity index (χ3n) is 3.22. The van der Waals surface area contributed by atoms with Crippen molar-refractivity contribution in [2.75, 3.05) is 12.3 Å². The Morgan fingerprint density at radius 1 is 1.22 bits per heavy atom. The molecule has 0 fully saturated rings. The molecule has 3 rings (SSSR count). The standard InChI is InChI=1S/C16H11Br2ClFNOS/c17-12-5-10(16-21-3-4-23-16)6-13(18)15(12)22-8-9-1-2-11(20)7-14(9)19/h1-2,5-7H,3-4,8H2. The van der Waals surface area contributed by atoms with Crippen LogP contribution >= 0.6 is 55.2 Å². The normalized spacial score (nSPS) is 14.0. The largest absolute Gasteiger partial charge is 0.486 e. The van der Waals surface area contributed by atoms with Crippen molar-refractivity contribution in [1.29, 1.82) is 0 Å². The first-order valence-electron chi connectivity index (χ1n) is 6.78. The molecular weight excluding hydrogens is 469 g/mol. The second-order valence-electron chi connectivity index (χ2n) is 4.83. The Bertz CT molecular complexity index is 762. The van der Waals surface area contributed by atoms with Crippen LogP contribution in [0.3, 0.4) is 0 Å². The fraction of sp³-hybridized carbons (Fsp3) is 0.188. The van der Waals surface area contributed by atoms with Crippen molar-refractivity contribution in [2.45, 2.75) is 6.61 Å². The molecular formula is C16H11Br2ClFNOS. The van der Waals surface area contributed by atoms with Crippen molar-refractivity contribution in [1.82, 2.24) is 0 Å². The second kappa shape index (κ2) is 7.55. The Hall–Kier alpha value is -0.560. The molecule has 0 N–H and O–H groups in total. The summed E-state index contributed by atoms with van der Waals surface area (Å²) >= 11 is 14.8. The van der Waals surface area contributed by atoms with Gasteiger partial charge in [-0.05, 0) is 56.1 Å². The van der Waals surface area contributed by atoms with Gasteiger partial charge in [-0.25, -0.2) is 4.39 Å². The van der Waals surface area contributed by atoms with Gasteiger partial charge < -0.3 is 4.74 Å². The fourth-order valence-corrected chi connectivity index (χ4v) is 4.60. The van der Waals surface area contributed by atoms with Crippen molar-refractivity contribution in [3.63, 3.8) is 0 Å². The highest BCUT2D eigenvalue weighted by Gasteiger charge is 2.15. The fourth-order valence-electron chi connectivity index (χ4n) is 2.12. The first kappa shape index (κ1) is 17.3. The average molecular weight is 480 g/mol. The molecule has 1 heterocycles. The van der Waals surface area contributed by atoms with Crippen LogP contribution in [0.15, 0.2) is 44.3 Å². The number of halogens is 4. The number of benzene rings is 2.